The van der Waals surface area contributed by atoms with Gasteiger partial charge in [-0.25, -0.2) is 0 Å². The third-order valence-electron chi connectivity index (χ3n) is 3.05. The smallest absolute Gasteiger partial charge is 0.282 e. The zero-order valence-corrected chi connectivity index (χ0v) is 12.8. The van der Waals surface area contributed by atoms with Crippen molar-refractivity contribution in [2.24, 2.45) is 0 Å². The second-order valence-electron chi connectivity index (χ2n) is 4.62. The monoisotopic (exact) mass is 294 g/mol. The minimum absolute atomic E-state index is 0.247. The number of benzene rings is 1. The largest absolute Gasteiger partial charge is 0.326 e. The van der Waals surface area contributed by atoms with Gasteiger partial charge >= 0.3 is 5.15 Å². The Hall–Kier alpha value is -1.19. The summed E-state index contributed by atoms with van der Waals surface area (Å²) in [6, 6.07) is 11.8. The summed E-state index contributed by atoms with van der Waals surface area (Å²) in [6.45, 7) is 6.33. The Kier molecular flexibility index (Phi) is 4.38. The van der Waals surface area contributed by atoms with Gasteiger partial charge in [-0.2, -0.15) is 0 Å². The topological polar surface area (TPSA) is 24.1 Å². The van der Waals surface area contributed by atoms with Crippen LogP contribution in [0, 0.1) is 13.8 Å². The van der Waals surface area contributed by atoms with Crippen LogP contribution in [-0.2, 0) is 0 Å². The average Bonchev–Trinajstić information content (AvgIpc) is 2.38. The van der Waals surface area contributed by atoms with Gasteiger partial charge in [-0.15, -0.1) is 0 Å². The Morgan fingerprint density at radius 2 is 1.95 bits per heavy atom. The molecule has 1 heterocycles. The summed E-state index contributed by atoms with van der Waals surface area (Å²) in [5.74, 6) is 0. The quantitative estimate of drug-likeness (QED) is 0.394. The van der Waals surface area contributed by atoms with Gasteiger partial charge < -0.3 is 0 Å². The minimum Gasteiger partial charge on any atom is -0.282 e. The van der Waals surface area contributed by atoms with E-state index in [1.165, 1.54) is 16.7 Å². The molecule has 1 atom stereocenters. The number of rotatable bonds is 3. The van der Waals surface area contributed by atoms with E-state index >= 15 is 0 Å². The zero-order valence-electron chi connectivity index (χ0n) is 11.2. The van der Waals surface area contributed by atoms with Crippen LogP contribution in [0.2, 0.25) is 5.15 Å². The molecule has 1 aromatic carbocycles. The molecule has 19 heavy (non-hydrogen) atoms. The lowest BCUT2D eigenvalue weighted by Crippen LogP contribution is -2.34. The van der Waals surface area contributed by atoms with Gasteiger partial charge in [0.05, 0.1) is 0 Å². The molecule has 1 unspecified atom stereocenters. The molecule has 2 nitrogen and oxygen atoms in total. The van der Waals surface area contributed by atoms with Crippen LogP contribution in [0.4, 0.5) is 0 Å². The number of thioether (sulfide) groups is 1. The van der Waals surface area contributed by atoms with Crippen LogP contribution in [0.25, 0.3) is 0 Å². The van der Waals surface area contributed by atoms with E-state index in [9.17, 15) is 5.21 Å². The fourth-order valence-electron chi connectivity index (χ4n) is 1.99. The molecule has 4 heteroatoms. The summed E-state index contributed by atoms with van der Waals surface area (Å²) in [5, 5.41) is 11.2. The summed E-state index contributed by atoms with van der Waals surface area (Å²) in [5.41, 5.74) is 3.79. The van der Waals surface area contributed by atoms with Crippen LogP contribution in [-0.4, -0.2) is 5.21 Å². The van der Waals surface area contributed by atoms with Gasteiger partial charge in [0.1, 0.15) is 0 Å². The standard InChI is InChI=1S/C15H17ClNOS/c1-10-7-8-11(2)13(9-10)12(3)19-15-6-4-5-14(16)17(15)18/h4-9,12,18H,1-3H3/q+1. The molecule has 0 saturated heterocycles. The summed E-state index contributed by atoms with van der Waals surface area (Å²) >= 11 is 7.49. The number of nitrogens with zero attached hydrogens (tertiary/aromatic N) is 1. The first-order valence-electron chi connectivity index (χ1n) is 6.12. The molecule has 0 fully saturated rings. The fourth-order valence-corrected chi connectivity index (χ4v) is 3.30. The van der Waals surface area contributed by atoms with Crippen LogP contribution in [0.5, 0.6) is 0 Å². The highest BCUT2D eigenvalue weighted by molar-refractivity contribution is 7.99. The number of aromatic nitrogens is 1. The predicted octanol–water partition coefficient (Wildman–Crippen LogP) is 4.33. The first kappa shape index (κ1) is 14.2. The van der Waals surface area contributed by atoms with E-state index in [2.05, 4.69) is 39.0 Å². The van der Waals surface area contributed by atoms with Gasteiger partial charge in [0.15, 0.2) is 0 Å². The van der Waals surface area contributed by atoms with Crippen molar-refractivity contribution in [1.29, 1.82) is 0 Å². The van der Waals surface area contributed by atoms with E-state index in [0.717, 1.165) is 9.76 Å². The lowest BCUT2D eigenvalue weighted by Gasteiger charge is -2.13. The van der Waals surface area contributed by atoms with Crippen molar-refractivity contribution in [3.05, 3.63) is 58.2 Å². The van der Waals surface area contributed by atoms with Crippen molar-refractivity contribution in [3.8, 4) is 0 Å². The third kappa shape index (κ3) is 3.23. The van der Waals surface area contributed by atoms with Gasteiger partial charge in [-0.05, 0) is 61.3 Å². The highest BCUT2D eigenvalue weighted by Crippen LogP contribution is 2.35. The number of halogens is 1. The van der Waals surface area contributed by atoms with E-state index in [4.69, 9.17) is 11.6 Å². The van der Waals surface area contributed by atoms with Crippen molar-refractivity contribution in [3.63, 3.8) is 0 Å². The first-order chi connectivity index (χ1) is 8.99. The number of hydrogen-bond acceptors (Lipinski definition) is 2. The maximum absolute atomic E-state index is 9.88. The van der Waals surface area contributed by atoms with E-state index in [1.807, 2.05) is 12.1 Å². The lowest BCUT2D eigenvalue weighted by atomic mass is 10.0. The minimum atomic E-state index is 0.247. The molecule has 100 valence electrons. The second kappa shape index (κ2) is 5.85. The van der Waals surface area contributed by atoms with Crippen LogP contribution in [0.1, 0.15) is 28.9 Å². The summed E-state index contributed by atoms with van der Waals surface area (Å²) in [7, 11) is 0. The summed E-state index contributed by atoms with van der Waals surface area (Å²) < 4.78 is 1.02. The van der Waals surface area contributed by atoms with E-state index in [0.29, 0.717) is 5.15 Å². The van der Waals surface area contributed by atoms with Gasteiger partial charge in [0.2, 0.25) is 0 Å². The van der Waals surface area contributed by atoms with Gasteiger partial charge in [-0.3, -0.25) is 5.21 Å². The SMILES string of the molecule is Cc1ccc(C)c(C(C)Sc2cccc(Cl)[n+]2O)c1. The van der Waals surface area contributed by atoms with Gasteiger partial charge in [-0.1, -0.05) is 23.8 Å². The molecule has 1 N–H and O–H groups in total. The van der Waals surface area contributed by atoms with Gasteiger partial charge in [0, 0.05) is 22.1 Å². The van der Waals surface area contributed by atoms with Crippen molar-refractivity contribution in [2.45, 2.75) is 31.0 Å². The van der Waals surface area contributed by atoms with E-state index in [-0.39, 0.29) is 5.25 Å². The van der Waals surface area contributed by atoms with Crippen molar-refractivity contribution in [1.82, 2.24) is 0 Å². The molecular weight excluding hydrogens is 278 g/mol. The molecule has 1 aromatic heterocycles. The van der Waals surface area contributed by atoms with Crippen LogP contribution >= 0.6 is 23.4 Å². The first-order valence-corrected chi connectivity index (χ1v) is 7.38. The zero-order chi connectivity index (χ0) is 14.0. The lowest BCUT2D eigenvalue weighted by molar-refractivity contribution is -0.930. The highest BCUT2D eigenvalue weighted by Gasteiger charge is 2.20. The van der Waals surface area contributed by atoms with Gasteiger partial charge in [0.25, 0.3) is 5.03 Å². The normalized spacial score (nSPS) is 12.4. The molecule has 0 aliphatic rings. The van der Waals surface area contributed by atoms with E-state index in [1.54, 1.807) is 17.8 Å². The van der Waals surface area contributed by atoms with Crippen LogP contribution in [0.3, 0.4) is 0 Å². The molecule has 0 spiro atoms. The Balaban J connectivity index is 2.28. The van der Waals surface area contributed by atoms with E-state index < -0.39 is 0 Å². The average molecular weight is 295 g/mol. The van der Waals surface area contributed by atoms with Crippen LogP contribution < -0.4 is 4.73 Å². The number of pyridine rings is 1. The molecule has 0 aliphatic heterocycles. The molecule has 0 aliphatic carbocycles. The Labute approximate surface area is 123 Å². The Bertz CT molecular complexity index is 601. The Morgan fingerprint density at radius 3 is 2.68 bits per heavy atom. The molecular formula is C15H17ClNOS+. The second-order valence-corrected chi connectivity index (χ2v) is 6.37. The predicted molar refractivity (Wildman–Crippen MR) is 79.0 cm³/mol. The molecule has 0 bridgehead atoms. The third-order valence-corrected chi connectivity index (χ3v) is 4.50. The Morgan fingerprint density at radius 1 is 1.21 bits per heavy atom. The molecule has 0 radical (unpaired) electrons. The fraction of sp³-hybridized carbons (Fsp3) is 0.267. The molecule has 0 amide bonds. The summed E-state index contributed by atoms with van der Waals surface area (Å²) in [6.07, 6.45) is 0. The molecule has 0 saturated carbocycles. The molecule has 2 rings (SSSR count). The highest BCUT2D eigenvalue weighted by atomic mass is 35.5. The summed E-state index contributed by atoms with van der Waals surface area (Å²) in [4.78, 5) is 0. The number of hydrogen-bond donors (Lipinski definition) is 1. The van der Waals surface area contributed by atoms with Crippen molar-refractivity contribution in [2.75, 3.05) is 0 Å². The number of aryl methyl sites for hydroxylation is 2. The van der Waals surface area contributed by atoms with Crippen molar-refractivity contribution >= 4 is 23.4 Å². The molecule has 2 aromatic rings. The van der Waals surface area contributed by atoms with Crippen LogP contribution in [0.15, 0.2) is 41.4 Å². The maximum atomic E-state index is 9.88. The van der Waals surface area contributed by atoms with Crippen molar-refractivity contribution < 1.29 is 9.94 Å². The maximum Gasteiger partial charge on any atom is 0.326 e.